The molecule has 7 saturated carbocycles. The number of rotatable bonds is 4. The molecule has 7 fully saturated rings. The Bertz CT molecular complexity index is 724. The van der Waals surface area contributed by atoms with E-state index < -0.39 is 0 Å². The van der Waals surface area contributed by atoms with E-state index in [1.54, 1.807) is 12.8 Å². The van der Waals surface area contributed by atoms with E-state index in [2.05, 4.69) is 41.5 Å². The fourth-order valence-electron chi connectivity index (χ4n) is 12.9. The molecular formula is C26H40. The van der Waals surface area contributed by atoms with Gasteiger partial charge in [-0.1, -0.05) is 60.8 Å². The van der Waals surface area contributed by atoms with Crippen molar-refractivity contribution in [3.8, 4) is 0 Å². The number of hydrogen-bond acceptors (Lipinski definition) is 0. The maximum absolute atomic E-state index is 2.76. The van der Waals surface area contributed by atoms with Gasteiger partial charge in [0.1, 0.15) is 0 Å². The summed E-state index contributed by atoms with van der Waals surface area (Å²) in [4.78, 5) is 0. The van der Waals surface area contributed by atoms with E-state index in [-0.39, 0.29) is 0 Å². The lowest BCUT2D eigenvalue weighted by atomic mass is 9.23. The normalized spacial score (nSPS) is 72.7. The van der Waals surface area contributed by atoms with Gasteiger partial charge in [-0.2, -0.15) is 0 Å². The van der Waals surface area contributed by atoms with Gasteiger partial charge in [-0.25, -0.2) is 0 Å². The monoisotopic (exact) mass is 352 g/mol. The van der Waals surface area contributed by atoms with Gasteiger partial charge in [-0.05, 0) is 100 Å². The van der Waals surface area contributed by atoms with Crippen LogP contribution >= 0.6 is 0 Å². The van der Waals surface area contributed by atoms with Crippen LogP contribution in [0.15, 0.2) is 0 Å². The molecule has 144 valence electrons. The first-order valence-electron chi connectivity index (χ1n) is 12.3. The van der Waals surface area contributed by atoms with Crippen LogP contribution in [-0.4, -0.2) is 0 Å². The highest BCUT2D eigenvalue weighted by molar-refractivity contribution is 5.61. The summed E-state index contributed by atoms with van der Waals surface area (Å²) in [5.74, 6) is 9.07. The minimum Gasteiger partial charge on any atom is -0.0649 e. The van der Waals surface area contributed by atoms with Crippen molar-refractivity contribution in [1.82, 2.24) is 0 Å². The molecule has 0 aromatic heterocycles. The molecule has 0 amide bonds. The van der Waals surface area contributed by atoms with Crippen molar-refractivity contribution >= 4 is 0 Å². The standard InChI is InChI=1S/C26H40/c1-7-22(4)11-9-10-17(22)23(5,8-2)15-12-16-18(15)20-24(16,6)21-25-13-14(3)19(25)26(20,21)25/h14-21H,7-13H2,1-6H3/t14-,15+,16?,17-,18?,19-,20+,21+,22?,23?,24?,25-,26?/m1/s1. The summed E-state index contributed by atoms with van der Waals surface area (Å²) in [6.07, 6.45) is 10.6. The molecule has 7 aliphatic carbocycles. The maximum atomic E-state index is 2.76. The molecule has 0 aromatic carbocycles. The summed E-state index contributed by atoms with van der Waals surface area (Å²) >= 11 is 0. The fourth-order valence-corrected chi connectivity index (χ4v) is 12.9. The van der Waals surface area contributed by atoms with Crippen LogP contribution in [0.25, 0.3) is 0 Å². The van der Waals surface area contributed by atoms with Crippen LogP contribution in [0.2, 0.25) is 0 Å². The van der Waals surface area contributed by atoms with E-state index in [9.17, 15) is 0 Å². The topological polar surface area (TPSA) is 0 Å². The van der Waals surface area contributed by atoms with Gasteiger partial charge >= 0.3 is 0 Å². The average molecular weight is 353 g/mol. The summed E-state index contributed by atoms with van der Waals surface area (Å²) in [5, 5.41) is 0. The Labute approximate surface area is 161 Å². The van der Waals surface area contributed by atoms with Gasteiger partial charge in [-0.3, -0.25) is 0 Å². The van der Waals surface area contributed by atoms with Crippen LogP contribution in [0.5, 0.6) is 0 Å². The second kappa shape index (κ2) is 3.87. The molecule has 0 heterocycles. The Morgan fingerprint density at radius 1 is 1.12 bits per heavy atom. The molecular weight excluding hydrogens is 312 g/mol. The third-order valence-electron chi connectivity index (χ3n) is 13.7. The highest BCUT2D eigenvalue weighted by Gasteiger charge is 3.15. The Balaban J connectivity index is 1.21. The van der Waals surface area contributed by atoms with E-state index in [0.717, 1.165) is 45.8 Å². The van der Waals surface area contributed by atoms with Gasteiger partial charge in [0.05, 0.1) is 0 Å². The largest absolute Gasteiger partial charge is 0.0649 e. The van der Waals surface area contributed by atoms with Crippen LogP contribution < -0.4 is 0 Å². The molecule has 26 heavy (non-hydrogen) atoms. The highest BCUT2D eigenvalue weighted by atomic mass is 15.2. The van der Waals surface area contributed by atoms with Crippen LogP contribution in [-0.2, 0) is 0 Å². The third kappa shape index (κ3) is 1.07. The van der Waals surface area contributed by atoms with Crippen molar-refractivity contribution in [1.29, 1.82) is 0 Å². The smallest absolute Gasteiger partial charge is 0.0123 e. The minimum atomic E-state index is 0.632. The van der Waals surface area contributed by atoms with Crippen LogP contribution in [0.3, 0.4) is 0 Å². The van der Waals surface area contributed by atoms with E-state index in [1.807, 2.05) is 0 Å². The van der Waals surface area contributed by atoms with Crippen LogP contribution in [0.1, 0.15) is 86.5 Å². The van der Waals surface area contributed by atoms with Crippen molar-refractivity contribution < 1.29 is 0 Å². The molecule has 0 bridgehead atoms. The van der Waals surface area contributed by atoms with Gasteiger partial charge in [-0.15, -0.1) is 0 Å². The first kappa shape index (κ1) is 15.9. The van der Waals surface area contributed by atoms with E-state index >= 15 is 0 Å². The Kier molecular flexibility index (Phi) is 2.36. The maximum Gasteiger partial charge on any atom is -0.0123 e. The highest BCUT2D eigenvalue weighted by Crippen LogP contribution is 3.18. The Hall–Kier alpha value is 0. The molecule has 0 aromatic rings. The predicted molar refractivity (Wildman–Crippen MR) is 106 cm³/mol. The van der Waals surface area contributed by atoms with Crippen molar-refractivity contribution in [2.24, 2.45) is 74.4 Å². The minimum absolute atomic E-state index is 0.632. The molecule has 7 rings (SSSR count). The molecule has 0 nitrogen and oxygen atoms in total. The number of fused-ring (bicyclic) bond motifs is 5. The second-order valence-electron chi connectivity index (χ2n) is 13.2. The molecule has 0 aliphatic heterocycles. The molecule has 0 saturated heterocycles. The van der Waals surface area contributed by atoms with Gasteiger partial charge in [0.25, 0.3) is 0 Å². The van der Waals surface area contributed by atoms with Crippen LogP contribution in [0, 0.1) is 74.4 Å². The fraction of sp³-hybridized carbons (Fsp3) is 1.00. The first-order chi connectivity index (χ1) is 12.3. The zero-order valence-electron chi connectivity index (χ0n) is 18.1. The van der Waals surface area contributed by atoms with Crippen molar-refractivity contribution in [3.05, 3.63) is 0 Å². The molecule has 2 spiro atoms. The van der Waals surface area contributed by atoms with Crippen LogP contribution in [0.4, 0.5) is 0 Å². The molecule has 13 atom stereocenters. The zero-order valence-corrected chi connectivity index (χ0v) is 18.1. The molecule has 0 radical (unpaired) electrons. The molecule has 0 heteroatoms. The van der Waals surface area contributed by atoms with E-state index in [0.29, 0.717) is 10.8 Å². The quantitative estimate of drug-likeness (QED) is 0.522. The third-order valence-corrected chi connectivity index (χ3v) is 13.7. The lowest BCUT2D eigenvalue weighted by Gasteiger charge is -2.81. The predicted octanol–water partition coefficient (Wildman–Crippen LogP) is 6.79. The van der Waals surface area contributed by atoms with E-state index in [1.165, 1.54) is 49.9 Å². The lowest BCUT2D eigenvalue weighted by Crippen LogP contribution is -2.77. The SMILES string of the molecule is CCC1(C)CCC[C@H]1C(C)(CC)[C@H]1CC2C1[C@H]1C2(C)[C@@H]2C13[C@@H]1[C@H](C)C[C@]213. The van der Waals surface area contributed by atoms with Crippen molar-refractivity contribution in [2.75, 3.05) is 0 Å². The molecule has 0 N–H and O–H groups in total. The average Bonchev–Trinajstić information content (AvgIpc) is 3.21. The summed E-state index contributed by atoms with van der Waals surface area (Å²) < 4.78 is 0. The van der Waals surface area contributed by atoms with Gasteiger partial charge in [0.15, 0.2) is 0 Å². The Morgan fingerprint density at radius 2 is 1.88 bits per heavy atom. The summed E-state index contributed by atoms with van der Waals surface area (Å²) in [6.45, 7) is 15.7. The molecule has 6 unspecified atom stereocenters. The summed E-state index contributed by atoms with van der Waals surface area (Å²) in [7, 11) is 0. The van der Waals surface area contributed by atoms with Crippen molar-refractivity contribution in [2.45, 2.75) is 86.5 Å². The zero-order chi connectivity index (χ0) is 18.1. The number of hydrogen-bond donors (Lipinski definition) is 0. The first-order valence-corrected chi connectivity index (χ1v) is 12.3. The molecule has 7 aliphatic rings. The van der Waals surface area contributed by atoms with Gasteiger partial charge < -0.3 is 0 Å². The van der Waals surface area contributed by atoms with Gasteiger partial charge in [0.2, 0.25) is 0 Å². The van der Waals surface area contributed by atoms with E-state index in [4.69, 9.17) is 0 Å². The van der Waals surface area contributed by atoms with Crippen molar-refractivity contribution in [3.63, 3.8) is 0 Å². The lowest BCUT2D eigenvalue weighted by molar-refractivity contribution is -0.345. The summed E-state index contributed by atoms with van der Waals surface area (Å²) in [5.41, 5.74) is 3.99. The summed E-state index contributed by atoms with van der Waals surface area (Å²) in [6, 6.07) is 0. The second-order valence-corrected chi connectivity index (χ2v) is 13.2. The Morgan fingerprint density at radius 3 is 2.54 bits per heavy atom. The van der Waals surface area contributed by atoms with Gasteiger partial charge in [0, 0.05) is 0 Å².